The molecule has 0 spiro atoms. The Morgan fingerprint density at radius 1 is 1.21 bits per heavy atom. The fraction of sp³-hybridized carbons (Fsp3) is 0.550. The van der Waals surface area contributed by atoms with E-state index < -0.39 is 0 Å². The van der Waals surface area contributed by atoms with E-state index in [9.17, 15) is 0 Å². The van der Waals surface area contributed by atoms with Crippen LogP contribution in [0, 0.1) is 6.92 Å². The highest BCUT2D eigenvalue weighted by Crippen LogP contribution is 2.18. The van der Waals surface area contributed by atoms with Gasteiger partial charge in [-0.15, -0.1) is 35.3 Å². The number of nitrogens with zero attached hydrogens (tertiary/aromatic N) is 4. The smallest absolute Gasteiger partial charge is 0.191 e. The molecule has 0 aromatic carbocycles. The average molecular weight is 514 g/mol. The molecule has 2 aromatic rings. The van der Waals surface area contributed by atoms with Gasteiger partial charge < -0.3 is 15.5 Å². The lowest BCUT2D eigenvalue weighted by atomic mass is 10.1. The summed E-state index contributed by atoms with van der Waals surface area (Å²) in [6, 6.07) is 4.69. The number of halogens is 1. The van der Waals surface area contributed by atoms with Gasteiger partial charge in [0.2, 0.25) is 0 Å². The standard InChI is InChI=1S/C20H30N6S.HI/c1-4-17-13-23-19(27-17)14-24-20(21-5-2)25-16-8-10-26(11-9-16)18-7-6-15(3)12-22-18;/h6-7,12-13,16H,4-5,8-11,14H2,1-3H3,(H2,21,24,25);1H. The number of aromatic nitrogens is 2. The number of aliphatic imine (C=N–C) groups is 1. The molecule has 1 aliphatic heterocycles. The maximum Gasteiger partial charge on any atom is 0.191 e. The molecule has 1 saturated heterocycles. The zero-order chi connectivity index (χ0) is 19.1. The van der Waals surface area contributed by atoms with Crippen molar-refractivity contribution in [2.45, 2.75) is 52.6 Å². The van der Waals surface area contributed by atoms with E-state index in [1.165, 1.54) is 10.4 Å². The molecule has 1 aliphatic rings. The quantitative estimate of drug-likeness (QED) is 0.349. The van der Waals surface area contributed by atoms with E-state index in [0.29, 0.717) is 12.6 Å². The van der Waals surface area contributed by atoms with Crippen LogP contribution in [0.3, 0.4) is 0 Å². The Balaban J connectivity index is 0.00000280. The van der Waals surface area contributed by atoms with Crippen LogP contribution < -0.4 is 15.5 Å². The van der Waals surface area contributed by atoms with Crippen LogP contribution in [-0.4, -0.2) is 41.6 Å². The Bertz CT molecular complexity index is 737. The first-order valence-corrected chi connectivity index (χ1v) is 10.7. The van der Waals surface area contributed by atoms with Crippen LogP contribution in [-0.2, 0) is 13.0 Å². The molecule has 0 bridgehead atoms. The summed E-state index contributed by atoms with van der Waals surface area (Å²) in [6.45, 7) is 9.84. The fourth-order valence-corrected chi connectivity index (χ4v) is 3.93. The van der Waals surface area contributed by atoms with Crippen molar-refractivity contribution in [1.29, 1.82) is 0 Å². The number of hydrogen-bond acceptors (Lipinski definition) is 5. The van der Waals surface area contributed by atoms with E-state index in [2.05, 4.69) is 58.4 Å². The van der Waals surface area contributed by atoms with Crippen LogP contribution in [0.15, 0.2) is 29.5 Å². The molecular weight excluding hydrogens is 483 g/mol. The Kier molecular flexibility index (Phi) is 9.43. The molecule has 0 radical (unpaired) electrons. The third-order valence-corrected chi connectivity index (χ3v) is 5.85. The van der Waals surface area contributed by atoms with Crippen LogP contribution in [0.1, 0.15) is 42.1 Å². The molecule has 0 unspecified atom stereocenters. The lowest BCUT2D eigenvalue weighted by Gasteiger charge is -2.33. The van der Waals surface area contributed by atoms with Crippen molar-refractivity contribution in [3.05, 3.63) is 40.0 Å². The third kappa shape index (κ3) is 6.58. The zero-order valence-corrected chi connectivity index (χ0v) is 20.1. The second-order valence-corrected chi connectivity index (χ2v) is 8.07. The van der Waals surface area contributed by atoms with Crippen molar-refractivity contribution in [3.8, 4) is 0 Å². The molecule has 6 nitrogen and oxygen atoms in total. The van der Waals surface area contributed by atoms with E-state index in [-0.39, 0.29) is 24.0 Å². The van der Waals surface area contributed by atoms with Crippen LogP contribution in [0.5, 0.6) is 0 Å². The molecule has 28 heavy (non-hydrogen) atoms. The molecule has 0 atom stereocenters. The third-order valence-electron chi connectivity index (χ3n) is 4.72. The van der Waals surface area contributed by atoms with Gasteiger partial charge in [-0.1, -0.05) is 13.0 Å². The summed E-state index contributed by atoms with van der Waals surface area (Å²) in [5.41, 5.74) is 1.20. The Hall–Kier alpha value is -1.42. The predicted molar refractivity (Wildman–Crippen MR) is 129 cm³/mol. The van der Waals surface area contributed by atoms with Crippen LogP contribution in [0.4, 0.5) is 5.82 Å². The van der Waals surface area contributed by atoms with Gasteiger partial charge in [0.05, 0.1) is 6.54 Å². The van der Waals surface area contributed by atoms with E-state index in [4.69, 9.17) is 4.99 Å². The summed E-state index contributed by atoms with van der Waals surface area (Å²) in [5, 5.41) is 8.03. The van der Waals surface area contributed by atoms with Gasteiger partial charge in [0.15, 0.2) is 5.96 Å². The van der Waals surface area contributed by atoms with Crippen LogP contribution >= 0.6 is 35.3 Å². The first-order valence-electron chi connectivity index (χ1n) is 9.84. The number of aryl methyl sites for hydroxylation is 2. The molecular formula is C20H31IN6S. The number of guanidine groups is 1. The summed E-state index contributed by atoms with van der Waals surface area (Å²) in [7, 11) is 0. The van der Waals surface area contributed by atoms with Crippen molar-refractivity contribution >= 4 is 47.1 Å². The normalized spacial score (nSPS) is 15.2. The first kappa shape index (κ1) is 22.9. The molecule has 0 saturated carbocycles. The van der Waals surface area contributed by atoms with E-state index in [0.717, 1.165) is 55.7 Å². The minimum Gasteiger partial charge on any atom is -0.357 e. The van der Waals surface area contributed by atoms with Gasteiger partial charge in [-0.25, -0.2) is 15.0 Å². The van der Waals surface area contributed by atoms with Gasteiger partial charge in [-0.2, -0.15) is 0 Å². The Morgan fingerprint density at radius 2 is 2.00 bits per heavy atom. The highest BCUT2D eigenvalue weighted by Gasteiger charge is 2.20. The maximum absolute atomic E-state index is 4.73. The number of pyridine rings is 1. The molecule has 154 valence electrons. The van der Waals surface area contributed by atoms with E-state index >= 15 is 0 Å². The summed E-state index contributed by atoms with van der Waals surface area (Å²) >= 11 is 1.75. The lowest BCUT2D eigenvalue weighted by molar-refractivity contribution is 0.459. The minimum absolute atomic E-state index is 0. The number of anilines is 1. The summed E-state index contributed by atoms with van der Waals surface area (Å²) in [5.74, 6) is 1.97. The predicted octanol–water partition coefficient (Wildman–Crippen LogP) is 3.75. The monoisotopic (exact) mass is 514 g/mol. The number of nitrogens with one attached hydrogen (secondary N) is 2. The van der Waals surface area contributed by atoms with Gasteiger partial charge in [0, 0.05) is 42.9 Å². The molecule has 0 amide bonds. The molecule has 8 heteroatoms. The fourth-order valence-electron chi connectivity index (χ4n) is 3.14. The summed E-state index contributed by atoms with van der Waals surface area (Å²) < 4.78 is 0. The zero-order valence-electron chi connectivity index (χ0n) is 16.9. The second-order valence-electron chi connectivity index (χ2n) is 6.87. The molecule has 0 aliphatic carbocycles. The molecule has 2 aromatic heterocycles. The first-order chi connectivity index (χ1) is 13.2. The highest BCUT2D eigenvalue weighted by atomic mass is 127. The number of thiazole rings is 1. The number of piperidine rings is 1. The van der Waals surface area contributed by atoms with Gasteiger partial charge in [-0.3, -0.25) is 0 Å². The maximum atomic E-state index is 4.73. The van der Waals surface area contributed by atoms with E-state index in [1.54, 1.807) is 11.3 Å². The lowest BCUT2D eigenvalue weighted by Crippen LogP contribution is -2.48. The van der Waals surface area contributed by atoms with Gasteiger partial charge >= 0.3 is 0 Å². The van der Waals surface area contributed by atoms with Crippen LogP contribution in [0.25, 0.3) is 0 Å². The average Bonchev–Trinajstić information content (AvgIpc) is 3.16. The molecule has 1 fully saturated rings. The SMILES string of the molecule is CCNC(=NCc1ncc(CC)s1)NC1CCN(c2ccc(C)cn2)CC1.I. The topological polar surface area (TPSA) is 65.4 Å². The molecule has 2 N–H and O–H groups in total. The van der Waals surface area contributed by atoms with Crippen molar-refractivity contribution in [3.63, 3.8) is 0 Å². The van der Waals surface area contributed by atoms with Gasteiger partial charge in [0.1, 0.15) is 10.8 Å². The number of hydrogen-bond donors (Lipinski definition) is 2. The summed E-state index contributed by atoms with van der Waals surface area (Å²) in [6.07, 6.45) is 7.10. The Morgan fingerprint density at radius 3 is 2.61 bits per heavy atom. The van der Waals surface area contributed by atoms with Crippen molar-refractivity contribution in [2.24, 2.45) is 4.99 Å². The minimum atomic E-state index is 0. The number of rotatable bonds is 6. The van der Waals surface area contributed by atoms with Crippen molar-refractivity contribution < 1.29 is 0 Å². The van der Waals surface area contributed by atoms with Crippen molar-refractivity contribution in [1.82, 2.24) is 20.6 Å². The van der Waals surface area contributed by atoms with Gasteiger partial charge in [-0.05, 0) is 44.7 Å². The van der Waals surface area contributed by atoms with Crippen molar-refractivity contribution in [2.75, 3.05) is 24.5 Å². The van der Waals surface area contributed by atoms with Gasteiger partial charge in [0.25, 0.3) is 0 Å². The highest BCUT2D eigenvalue weighted by molar-refractivity contribution is 14.0. The Labute approximate surface area is 189 Å². The van der Waals surface area contributed by atoms with E-state index in [1.807, 2.05) is 12.4 Å². The molecule has 3 rings (SSSR count). The summed E-state index contributed by atoms with van der Waals surface area (Å²) in [4.78, 5) is 17.4. The second kappa shape index (κ2) is 11.5. The largest absolute Gasteiger partial charge is 0.357 e. The molecule has 3 heterocycles. The van der Waals surface area contributed by atoms with Crippen LogP contribution in [0.2, 0.25) is 0 Å².